The first-order valence-corrected chi connectivity index (χ1v) is 6.16. The van der Waals surface area contributed by atoms with Crippen LogP contribution >= 0.6 is 0 Å². The molecule has 1 aromatic carbocycles. The number of para-hydroxylation sites is 1. The molecule has 94 valence electrons. The van der Waals surface area contributed by atoms with Crippen molar-refractivity contribution in [2.45, 2.75) is 39.0 Å². The summed E-state index contributed by atoms with van der Waals surface area (Å²) in [6.07, 6.45) is 4.82. The molecule has 0 atom stereocenters. The minimum absolute atomic E-state index is 0.00335. The Bertz CT molecular complexity index is 309. The summed E-state index contributed by atoms with van der Waals surface area (Å²) in [4.78, 5) is 11.3. The van der Waals surface area contributed by atoms with E-state index in [1.165, 1.54) is 12.8 Å². The zero-order chi connectivity index (χ0) is 12.3. The van der Waals surface area contributed by atoms with Crippen LogP contribution < -0.4 is 4.74 Å². The zero-order valence-electron chi connectivity index (χ0n) is 10.4. The summed E-state index contributed by atoms with van der Waals surface area (Å²) in [6, 6.07) is 9.32. The second-order valence-corrected chi connectivity index (χ2v) is 3.90. The van der Waals surface area contributed by atoms with Gasteiger partial charge >= 0.3 is 5.97 Å². The van der Waals surface area contributed by atoms with Gasteiger partial charge in [0.1, 0.15) is 5.75 Å². The molecule has 1 aromatic rings. The Morgan fingerprint density at radius 1 is 1.12 bits per heavy atom. The predicted molar refractivity (Wildman–Crippen MR) is 66.8 cm³/mol. The number of hydrogen-bond donors (Lipinski definition) is 0. The maximum atomic E-state index is 11.3. The van der Waals surface area contributed by atoms with E-state index in [2.05, 4.69) is 6.92 Å². The number of ether oxygens (including phenoxy) is 2. The van der Waals surface area contributed by atoms with Crippen LogP contribution in [0, 0.1) is 0 Å². The number of hydrogen-bond acceptors (Lipinski definition) is 3. The highest BCUT2D eigenvalue weighted by molar-refractivity contribution is 5.69. The van der Waals surface area contributed by atoms with Crippen molar-refractivity contribution >= 4 is 5.97 Å². The lowest BCUT2D eigenvalue weighted by molar-refractivity contribution is -0.150. The fraction of sp³-hybridized carbons (Fsp3) is 0.500. The van der Waals surface area contributed by atoms with Gasteiger partial charge in [0.05, 0.1) is 0 Å². The van der Waals surface area contributed by atoms with Crippen LogP contribution in [-0.4, -0.2) is 12.8 Å². The van der Waals surface area contributed by atoms with E-state index in [0.717, 1.165) is 12.8 Å². The van der Waals surface area contributed by atoms with E-state index >= 15 is 0 Å². The van der Waals surface area contributed by atoms with E-state index in [1.807, 2.05) is 30.3 Å². The lowest BCUT2D eigenvalue weighted by Gasteiger charge is -2.06. The summed E-state index contributed by atoms with van der Waals surface area (Å²) in [5.41, 5.74) is 0. The Labute approximate surface area is 103 Å². The number of carbonyl (C=O) groups excluding carboxylic acids is 1. The Balaban J connectivity index is 2.04. The third kappa shape index (κ3) is 6.61. The van der Waals surface area contributed by atoms with Gasteiger partial charge in [0.15, 0.2) is 0 Å². The van der Waals surface area contributed by atoms with Gasteiger partial charge in [0.25, 0.3) is 0 Å². The SMILES string of the molecule is CCCCCCC(=O)OCOc1ccccc1. The molecular formula is C14H20O3. The van der Waals surface area contributed by atoms with Gasteiger partial charge in [-0.25, -0.2) is 0 Å². The molecule has 3 heteroatoms. The molecule has 0 aliphatic carbocycles. The van der Waals surface area contributed by atoms with Gasteiger partial charge in [-0.05, 0) is 18.6 Å². The average Bonchev–Trinajstić information content (AvgIpc) is 2.36. The van der Waals surface area contributed by atoms with Crippen LogP contribution in [0.2, 0.25) is 0 Å². The third-order valence-corrected chi connectivity index (χ3v) is 2.42. The summed E-state index contributed by atoms with van der Waals surface area (Å²) in [7, 11) is 0. The van der Waals surface area contributed by atoms with Gasteiger partial charge in [-0.3, -0.25) is 4.79 Å². The minimum atomic E-state index is -0.183. The van der Waals surface area contributed by atoms with E-state index in [0.29, 0.717) is 12.2 Å². The average molecular weight is 236 g/mol. The van der Waals surface area contributed by atoms with E-state index < -0.39 is 0 Å². The fourth-order valence-electron chi connectivity index (χ4n) is 1.45. The van der Waals surface area contributed by atoms with Crippen molar-refractivity contribution in [1.29, 1.82) is 0 Å². The highest BCUT2D eigenvalue weighted by Crippen LogP contribution is 2.08. The van der Waals surface area contributed by atoms with Crippen molar-refractivity contribution in [2.75, 3.05) is 6.79 Å². The van der Waals surface area contributed by atoms with Crippen LogP contribution in [-0.2, 0) is 9.53 Å². The molecule has 0 bridgehead atoms. The van der Waals surface area contributed by atoms with Gasteiger partial charge in [0.2, 0.25) is 6.79 Å². The normalized spacial score (nSPS) is 9.94. The summed E-state index contributed by atoms with van der Waals surface area (Å²) in [5, 5.41) is 0. The van der Waals surface area contributed by atoms with Crippen LogP contribution in [0.5, 0.6) is 5.75 Å². The summed E-state index contributed by atoms with van der Waals surface area (Å²) >= 11 is 0. The van der Waals surface area contributed by atoms with Crippen LogP contribution in [0.3, 0.4) is 0 Å². The van der Waals surface area contributed by atoms with Gasteiger partial charge < -0.3 is 9.47 Å². The molecule has 0 fully saturated rings. The standard InChI is InChI=1S/C14H20O3/c1-2-3-4-8-11-14(15)17-12-16-13-9-6-5-7-10-13/h5-7,9-10H,2-4,8,11-12H2,1H3. The first-order valence-electron chi connectivity index (χ1n) is 6.16. The molecule has 0 saturated carbocycles. The first kappa shape index (κ1) is 13.6. The molecule has 1 rings (SSSR count). The molecule has 0 saturated heterocycles. The topological polar surface area (TPSA) is 35.5 Å². The van der Waals surface area contributed by atoms with Crippen molar-refractivity contribution < 1.29 is 14.3 Å². The lowest BCUT2D eigenvalue weighted by Crippen LogP contribution is -2.10. The second kappa shape index (κ2) is 8.62. The third-order valence-electron chi connectivity index (χ3n) is 2.42. The zero-order valence-corrected chi connectivity index (χ0v) is 10.4. The summed E-state index contributed by atoms with van der Waals surface area (Å²) in [5.74, 6) is 0.531. The first-order chi connectivity index (χ1) is 8.33. The molecule has 0 spiro atoms. The van der Waals surface area contributed by atoms with E-state index in [-0.39, 0.29) is 12.8 Å². The van der Waals surface area contributed by atoms with Crippen molar-refractivity contribution in [2.24, 2.45) is 0 Å². The number of carbonyl (C=O) groups is 1. The molecule has 0 N–H and O–H groups in total. The van der Waals surface area contributed by atoms with Crippen LogP contribution in [0.4, 0.5) is 0 Å². The Morgan fingerprint density at radius 2 is 1.88 bits per heavy atom. The smallest absolute Gasteiger partial charge is 0.308 e. The molecule has 0 unspecified atom stereocenters. The monoisotopic (exact) mass is 236 g/mol. The van der Waals surface area contributed by atoms with E-state index in [4.69, 9.17) is 9.47 Å². The van der Waals surface area contributed by atoms with Crippen molar-refractivity contribution in [1.82, 2.24) is 0 Å². The maximum Gasteiger partial charge on any atom is 0.308 e. The molecule has 0 amide bonds. The Kier molecular flexibility index (Phi) is 6.87. The Morgan fingerprint density at radius 3 is 2.59 bits per heavy atom. The van der Waals surface area contributed by atoms with Gasteiger partial charge in [0, 0.05) is 6.42 Å². The van der Waals surface area contributed by atoms with Crippen LogP contribution in [0.1, 0.15) is 39.0 Å². The number of rotatable bonds is 8. The van der Waals surface area contributed by atoms with E-state index in [1.54, 1.807) is 0 Å². The molecule has 0 aliphatic heterocycles. The van der Waals surface area contributed by atoms with Gasteiger partial charge in [-0.15, -0.1) is 0 Å². The number of benzene rings is 1. The molecule has 0 heterocycles. The molecule has 3 nitrogen and oxygen atoms in total. The second-order valence-electron chi connectivity index (χ2n) is 3.90. The fourth-order valence-corrected chi connectivity index (χ4v) is 1.45. The van der Waals surface area contributed by atoms with Crippen LogP contribution in [0.25, 0.3) is 0 Å². The maximum absolute atomic E-state index is 11.3. The largest absolute Gasteiger partial charge is 0.457 e. The van der Waals surface area contributed by atoms with Gasteiger partial charge in [-0.1, -0.05) is 44.4 Å². The molecular weight excluding hydrogens is 216 g/mol. The van der Waals surface area contributed by atoms with Gasteiger partial charge in [-0.2, -0.15) is 0 Å². The molecule has 0 aromatic heterocycles. The molecule has 0 aliphatic rings. The quantitative estimate of drug-likeness (QED) is 0.393. The molecule has 0 radical (unpaired) electrons. The highest BCUT2D eigenvalue weighted by Gasteiger charge is 2.02. The number of unbranched alkanes of at least 4 members (excludes halogenated alkanes) is 3. The van der Waals surface area contributed by atoms with Crippen molar-refractivity contribution in [3.8, 4) is 5.75 Å². The predicted octanol–water partition coefficient (Wildman–Crippen LogP) is 3.54. The van der Waals surface area contributed by atoms with E-state index in [9.17, 15) is 4.79 Å². The number of esters is 1. The van der Waals surface area contributed by atoms with Crippen molar-refractivity contribution in [3.63, 3.8) is 0 Å². The Hall–Kier alpha value is -1.51. The summed E-state index contributed by atoms with van der Waals surface area (Å²) in [6.45, 7) is 2.14. The van der Waals surface area contributed by atoms with Crippen molar-refractivity contribution in [3.05, 3.63) is 30.3 Å². The summed E-state index contributed by atoms with van der Waals surface area (Å²) < 4.78 is 10.2. The highest BCUT2D eigenvalue weighted by atomic mass is 16.7. The van der Waals surface area contributed by atoms with Crippen LogP contribution in [0.15, 0.2) is 30.3 Å². The minimum Gasteiger partial charge on any atom is -0.457 e. The lowest BCUT2D eigenvalue weighted by atomic mass is 10.2. The molecule has 17 heavy (non-hydrogen) atoms.